The Labute approximate surface area is 145 Å². The van der Waals surface area contributed by atoms with Crippen LogP contribution in [0.4, 0.5) is 0 Å². The van der Waals surface area contributed by atoms with E-state index < -0.39 is 0 Å². The second-order valence-electron chi connectivity index (χ2n) is 6.94. The second-order valence-corrected chi connectivity index (χ2v) is 6.94. The molecule has 3 rings (SSSR count). The summed E-state index contributed by atoms with van der Waals surface area (Å²) in [7, 11) is 0. The van der Waals surface area contributed by atoms with Gasteiger partial charge in [0, 0.05) is 37.5 Å². The van der Waals surface area contributed by atoms with Crippen LogP contribution in [0.3, 0.4) is 0 Å². The van der Waals surface area contributed by atoms with Gasteiger partial charge in [0.2, 0.25) is 0 Å². The van der Waals surface area contributed by atoms with Crippen LogP contribution in [0.2, 0.25) is 0 Å². The molecule has 24 heavy (non-hydrogen) atoms. The molecule has 0 bridgehead atoms. The number of nitrogens with zero attached hydrogens (tertiary/aromatic N) is 2. The Kier molecular flexibility index (Phi) is 6.00. The van der Waals surface area contributed by atoms with Crippen molar-refractivity contribution in [2.24, 2.45) is 5.41 Å². The molecule has 1 fully saturated rings. The Bertz CT molecular complexity index is 602. The smallest absolute Gasteiger partial charge is 0.0535 e. The van der Waals surface area contributed by atoms with Gasteiger partial charge in [0.25, 0.3) is 0 Å². The van der Waals surface area contributed by atoms with E-state index in [0.29, 0.717) is 0 Å². The van der Waals surface area contributed by atoms with E-state index in [-0.39, 0.29) is 5.41 Å². The third kappa shape index (κ3) is 4.65. The van der Waals surface area contributed by atoms with Gasteiger partial charge in [-0.3, -0.25) is 9.88 Å². The molecule has 1 aromatic heterocycles. The summed E-state index contributed by atoms with van der Waals surface area (Å²) in [6.45, 7) is 7.03. The van der Waals surface area contributed by atoms with Gasteiger partial charge in [-0.05, 0) is 49.9 Å². The van der Waals surface area contributed by atoms with Crippen molar-refractivity contribution in [3.63, 3.8) is 0 Å². The SMILES string of the molecule is CCOC[C@]1(CCc2ccccc2)CCN(Cc2cccnc2)C1. The third-order valence-electron chi connectivity index (χ3n) is 5.05. The maximum Gasteiger partial charge on any atom is 0.0535 e. The minimum absolute atomic E-state index is 0.286. The fraction of sp³-hybridized carbons (Fsp3) is 0.476. The molecule has 1 aromatic carbocycles. The molecule has 3 heteroatoms. The van der Waals surface area contributed by atoms with E-state index >= 15 is 0 Å². The van der Waals surface area contributed by atoms with Crippen LogP contribution < -0.4 is 0 Å². The molecule has 0 N–H and O–H groups in total. The third-order valence-corrected chi connectivity index (χ3v) is 5.05. The zero-order valence-corrected chi connectivity index (χ0v) is 14.7. The number of likely N-dealkylation sites (tertiary alicyclic amines) is 1. The summed E-state index contributed by atoms with van der Waals surface area (Å²) >= 11 is 0. The van der Waals surface area contributed by atoms with Gasteiger partial charge in [-0.2, -0.15) is 0 Å². The number of hydrogen-bond acceptors (Lipinski definition) is 3. The molecular formula is C21H28N2O. The molecule has 1 aliphatic heterocycles. The molecule has 0 spiro atoms. The van der Waals surface area contributed by atoms with E-state index in [4.69, 9.17) is 4.74 Å². The molecule has 0 saturated carbocycles. The molecular weight excluding hydrogens is 296 g/mol. The van der Waals surface area contributed by atoms with Crippen LogP contribution >= 0.6 is 0 Å². The highest BCUT2D eigenvalue weighted by Crippen LogP contribution is 2.36. The van der Waals surface area contributed by atoms with E-state index in [1.54, 1.807) is 0 Å². The van der Waals surface area contributed by atoms with E-state index in [9.17, 15) is 0 Å². The number of aryl methyl sites for hydroxylation is 1. The van der Waals surface area contributed by atoms with Crippen LogP contribution in [-0.2, 0) is 17.7 Å². The van der Waals surface area contributed by atoms with E-state index in [0.717, 1.165) is 39.3 Å². The number of aromatic nitrogens is 1. The van der Waals surface area contributed by atoms with Gasteiger partial charge in [0.15, 0.2) is 0 Å². The lowest BCUT2D eigenvalue weighted by Gasteiger charge is -2.29. The molecule has 128 valence electrons. The van der Waals surface area contributed by atoms with Crippen molar-refractivity contribution in [3.05, 3.63) is 66.0 Å². The summed E-state index contributed by atoms with van der Waals surface area (Å²) in [6, 6.07) is 15.0. The number of pyridine rings is 1. The summed E-state index contributed by atoms with van der Waals surface area (Å²) in [4.78, 5) is 6.79. The maximum absolute atomic E-state index is 5.87. The van der Waals surface area contributed by atoms with Crippen molar-refractivity contribution in [1.82, 2.24) is 9.88 Å². The lowest BCUT2D eigenvalue weighted by molar-refractivity contribution is 0.0489. The van der Waals surface area contributed by atoms with Crippen LogP contribution in [0.5, 0.6) is 0 Å². The van der Waals surface area contributed by atoms with Gasteiger partial charge in [-0.1, -0.05) is 36.4 Å². The van der Waals surface area contributed by atoms with Crippen molar-refractivity contribution in [1.29, 1.82) is 0 Å². The van der Waals surface area contributed by atoms with Crippen molar-refractivity contribution >= 4 is 0 Å². The number of rotatable bonds is 8. The summed E-state index contributed by atoms with van der Waals surface area (Å²) in [5.41, 5.74) is 3.01. The first-order valence-electron chi connectivity index (χ1n) is 9.03. The second kappa shape index (κ2) is 8.41. The molecule has 3 nitrogen and oxygen atoms in total. The fourth-order valence-corrected chi connectivity index (χ4v) is 3.68. The molecule has 0 unspecified atom stereocenters. The van der Waals surface area contributed by atoms with Gasteiger partial charge in [0.1, 0.15) is 0 Å². The largest absolute Gasteiger partial charge is 0.381 e. The summed E-state index contributed by atoms with van der Waals surface area (Å²) in [6.07, 6.45) is 7.37. The minimum Gasteiger partial charge on any atom is -0.381 e. The molecule has 1 aliphatic rings. The molecule has 2 heterocycles. The fourth-order valence-electron chi connectivity index (χ4n) is 3.68. The first kappa shape index (κ1) is 17.1. The topological polar surface area (TPSA) is 25.4 Å². The van der Waals surface area contributed by atoms with Crippen LogP contribution in [0.15, 0.2) is 54.9 Å². The predicted molar refractivity (Wildman–Crippen MR) is 97.8 cm³/mol. The van der Waals surface area contributed by atoms with Crippen LogP contribution in [-0.4, -0.2) is 36.2 Å². The van der Waals surface area contributed by atoms with Crippen molar-refractivity contribution in [2.45, 2.75) is 32.7 Å². The summed E-state index contributed by atoms with van der Waals surface area (Å²) in [5, 5.41) is 0. The van der Waals surface area contributed by atoms with E-state index in [2.05, 4.69) is 53.2 Å². The highest BCUT2D eigenvalue weighted by molar-refractivity contribution is 5.15. The standard InChI is InChI=1S/C21H28N2O/c1-2-24-18-21(11-10-19-7-4-3-5-8-19)12-14-23(17-21)16-20-9-6-13-22-15-20/h3-9,13,15H,2,10-12,14,16-18H2,1H3/t21-/m1/s1. The average Bonchev–Trinajstić information content (AvgIpc) is 3.03. The minimum atomic E-state index is 0.286. The van der Waals surface area contributed by atoms with Gasteiger partial charge in [0.05, 0.1) is 6.61 Å². The van der Waals surface area contributed by atoms with Crippen molar-refractivity contribution in [3.8, 4) is 0 Å². The first-order chi connectivity index (χ1) is 11.8. The zero-order valence-electron chi connectivity index (χ0n) is 14.7. The monoisotopic (exact) mass is 324 g/mol. The van der Waals surface area contributed by atoms with Gasteiger partial charge >= 0.3 is 0 Å². The summed E-state index contributed by atoms with van der Waals surface area (Å²) < 4.78 is 5.87. The lowest BCUT2D eigenvalue weighted by Crippen LogP contribution is -2.32. The normalized spacial score (nSPS) is 21.2. The van der Waals surface area contributed by atoms with E-state index in [1.165, 1.54) is 24.0 Å². The number of benzene rings is 1. The highest BCUT2D eigenvalue weighted by Gasteiger charge is 2.37. The van der Waals surface area contributed by atoms with Crippen LogP contribution in [0, 0.1) is 5.41 Å². The number of hydrogen-bond donors (Lipinski definition) is 0. The molecule has 2 aromatic rings. The van der Waals surface area contributed by atoms with Crippen molar-refractivity contribution < 1.29 is 4.74 Å². The Morgan fingerprint density at radius 2 is 1.96 bits per heavy atom. The Hall–Kier alpha value is -1.71. The molecule has 0 radical (unpaired) electrons. The van der Waals surface area contributed by atoms with E-state index in [1.807, 2.05) is 18.5 Å². The van der Waals surface area contributed by atoms with Crippen LogP contribution in [0.25, 0.3) is 0 Å². The van der Waals surface area contributed by atoms with Gasteiger partial charge in [-0.15, -0.1) is 0 Å². The lowest BCUT2D eigenvalue weighted by atomic mass is 9.82. The quantitative estimate of drug-likeness (QED) is 0.735. The Morgan fingerprint density at radius 3 is 2.71 bits per heavy atom. The Morgan fingerprint density at radius 1 is 1.12 bits per heavy atom. The van der Waals surface area contributed by atoms with Gasteiger partial charge in [-0.25, -0.2) is 0 Å². The molecule has 0 aliphatic carbocycles. The van der Waals surface area contributed by atoms with Gasteiger partial charge < -0.3 is 4.74 Å². The summed E-state index contributed by atoms with van der Waals surface area (Å²) in [5.74, 6) is 0. The average molecular weight is 324 g/mol. The number of ether oxygens (including phenoxy) is 1. The zero-order chi connectivity index (χ0) is 16.7. The highest BCUT2D eigenvalue weighted by atomic mass is 16.5. The first-order valence-corrected chi connectivity index (χ1v) is 9.03. The molecule has 1 saturated heterocycles. The molecule has 1 atom stereocenters. The van der Waals surface area contributed by atoms with Crippen molar-refractivity contribution in [2.75, 3.05) is 26.3 Å². The Balaban J connectivity index is 1.61. The predicted octanol–water partition coefficient (Wildman–Crippen LogP) is 3.94. The van der Waals surface area contributed by atoms with Crippen LogP contribution in [0.1, 0.15) is 30.9 Å². The maximum atomic E-state index is 5.87. The molecule has 0 amide bonds.